The van der Waals surface area contributed by atoms with E-state index in [-0.39, 0.29) is 19.2 Å². The normalized spacial score (nSPS) is 14.5. The molecule has 0 fully saturated rings. The van der Waals surface area contributed by atoms with Crippen LogP contribution in [0.2, 0.25) is 0 Å². The highest BCUT2D eigenvalue weighted by atomic mass is 16.1. The van der Waals surface area contributed by atoms with Crippen LogP contribution in [-0.4, -0.2) is 19.2 Å². The van der Waals surface area contributed by atoms with Crippen LogP contribution in [0.25, 0.3) is 0 Å². The van der Waals surface area contributed by atoms with Gasteiger partial charge in [-0.25, -0.2) is 0 Å². The van der Waals surface area contributed by atoms with E-state index in [1.54, 1.807) is 0 Å². The summed E-state index contributed by atoms with van der Waals surface area (Å²) in [6, 6.07) is 47.3. The average Bonchev–Trinajstić information content (AvgIpc) is 3.06. The smallest absolute Gasteiger partial charge is 0.247 e. The number of nitrogens with zero attached hydrogens (tertiary/aromatic N) is 2. The molecular weight excluding hydrogens is 510 g/mol. The number of carbonyl (C=O) groups excluding carboxylic acids is 1. The Labute approximate surface area is 244 Å². The first-order valence-corrected chi connectivity index (χ1v) is 14.6. The van der Waals surface area contributed by atoms with Crippen molar-refractivity contribution in [1.82, 2.24) is 0 Å². The van der Waals surface area contributed by atoms with Crippen molar-refractivity contribution in [2.45, 2.75) is 0 Å². The number of fused-ring (bicyclic) bond motifs is 3. The number of ketones is 1. The number of carbonyl (C=O) groups is 1. The molecule has 4 aliphatic rings. The third-order valence-corrected chi connectivity index (χ3v) is 9.66. The Morgan fingerprint density at radius 1 is 0.381 bits per heavy atom. The first kappa shape index (κ1) is 22.4. The minimum absolute atomic E-state index is 0.00384. The Balaban J connectivity index is 1.39. The number of anilines is 6. The zero-order valence-electron chi connectivity index (χ0n) is 22.7. The zero-order chi connectivity index (χ0) is 27.5. The van der Waals surface area contributed by atoms with Crippen LogP contribution in [0.5, 0.6) is 0 Å². The summed E-state index contributed by atoms with van der Waals surface area (Å²) in [6.07, 6.45) is 0. The van der Waals surface area contributed by atoms with Crippen LogP contribution in [-0.2, 0) is 0 Å². The van der Waals surface area contributed by atoms with E-state index in [0.717, 1.165) is 33.7 Å². The molecular formula is C37H22B2N2O. The van der Waals surface area contributed by atoms with Gasteiger partial charge >= 0.3 is 0 Å². The summed E-state index contributed by atoms with van der Waals surface area (Å²) < 4.78 is 0. The van der Waals surface area contributed by atoms with Crippen LogP contribution in [0.3, 0.4) is 0 Å². The number of rotatable bonds is 2. The molecule has 4 heterocycles. The summed E-state index contributed by atoms with van der Waals surface area (Å²) >= 11 is 0. The molecule has 42 heavy (non-hydrogen) atoms. The molecule has 0 N–H and O–H groups in total. The quantitative estimate of drug-likeness (QED) is 0.313. The van der Waals surface area contributed by atoms with Crippen molar-refractivity contribution < 1.29 is 4.79 Å². The molecule has 0 aliphatic carbocycles. The maximum absolute atomic E-state index is 14.2. The van der Waals surface area contributed by atoms with E-state index in [1.807, 2.05) is 18.2 Å². The molecule has 0 amide bonds. The van der Waals surface area contributed by atoms with Crippen LogP contribution in [0.15, 0.2) is 133 Å². The van der Waals surface area contributed by atoms with Crippen molar-refractivity contribution in [2.75, 3.05) is 9.80 Å². The maximum Gasteiger partial charge on any atom is 0.247 e. The topological polar surface area (TPSA) is 23.6 Å². The van der Waals surface area contributed by atoms with Gasteiger partial charge in [0.15, 0.2) is 5.78 Å². The predicted molar refractivity (Wildman–Crippen MR) is 175 cm³/mol. The third kappa shape index (κ3) is 2.62. The molecule has 0 atom stereocenters. The fourth-order valence-electron chi connectivity index (χ4n) is 8.18. The molecule has 0 radical (unpaired) electrons. The van der Waals surface area contributed by atoms with E-state index in [9.17, 15) is 4.79 Å². The van der Waals surface area contributed by atoms with Gasteiger partial charge in [-0.1, -0.05) is 95.9 Å². The van der Waals surface area contributed by atoms with Crippen molar-refractivity contribution in [3.8, 4) is 0 Å². The standard InChI is InChI=1S/C37H22B2N2O/c42-37-25-15-9-18-28-33(25)39-34-26(37)16-10-20-30(34)41(24-13-5-2-6-14-24)32-22-21-31-35(36(32)39)38(28)27-17-7-8-19-29(27)40(31)23-11-3-1-4-12-23/h1-22H. The fraction of sp³-hybridized carbons (Fsp3) is 0. The number of hydrogen-bond acceptors (Lipinski definition) is 3. The summed E-state index contributed by atoms with van der Waals surface area (Å²) in [5.74, 6) is 0.131. The molecule has 0 saturated heterocycles. The van der Waals surface area contributed by atoms with Gasteiger partial charge in [-0.3, -0.25) is 4.79 Å². The monoisotopic (exact) mass is 532 g/mol. The van der Waals surface area contributed by atoms with E-state index in [4.69, 9.17) is 0 Å². The van der Waals surface area contributed by atoms with Gasteiger partial charge in [0.2, 0.25) is 13.4 Å². The molecule has 0 saturated carbocycles. The van der Waals surface area contributed by atoms with Gasteiger partial charge in [0.1, 0.15) is 0 Å². The molecule has 4 aliphatic heterocycles. The van der Waals surface area contributed by atoms with Crippen LogP contribution in [0.1, 0.15) is 15.9 Å². The lowest BCUT2D eigenvalue weighted by atomic mass is 9.18. The number of benzene rings is 6. The van der Waals surface area contributed by atoms with E-state index < -0.39 is 0 Å². The van der Waals surface area contributed by atoms with Crippen molar-refractivity contribution in [3.05, 3.63) is 145 Å². The highest BCUT2D eigenvalue weighted by Gasteiger charge is 2.52. The Bertz CT molecular complexity index is 2120. The van der Waals surface area contributed by atoms with Gasteiger partial charge < -0.3 is 9.80 Å². The van der Waals surface area contributed by atoms with Crippen molar-refractivity contribution in [3.63, 3.8) is 0 Å². The summed E-state index contributed by atoms with van der Waals surface area (Å²) in [4.78, 5) is 19.0. The molecule has 3 nitrogen and oxygen atoms in total. The molecule has 0 bridgehead atoms. The number of para-hydroxylation sites is 3. The minimum Gasteiger partial charge on any atom is -0.312 e. The number of hydrogen-bond donors (Lipinski definition) is 0. The van der Waals surface area contributed by atoms with Crippen LogP contribution >= 0.6 is 0 Å². The highest BCUT2D eigenvalue weighted by Crippen LogP contribution is 2.42. The first-order valence-electron chi connectivity index (χ1n) is 14.6. The Kier molecular flexibility index (Phi) is 4.23. The lowest BCUT2D eigenvalue weighted by molar-refractivity contribution is 0.104. The van der Waals surface area contributed by atoms with Gasteiger partial charge in [0, 0.05) is 45.3 Å². The van der Waals surface area contributed by atoms with Gasteiger partial charge in [-0.15, -0.1) is 0 Å². The third-order valence-electron chi connectivity index (χ3n) is 9.66. The molecule has 0 aromatic heterocycles. The van der Waals surface area contributed by atoms with Gasteiger partial charge in [0.25, 0.3) is 0 Å². The van der Waals surface area contributed by atoms with E-state index in [1.165, 1.54) is 44.4 Å². The highest BCUT2D eigenvalue weighted by molar-refractivity contribution is 7.14. The van der Waals surface area contributed by atoms with Crippen molar-refractivity contribution >= 4 is 86.1 Å². The average molecular weight is 532 g/mol. The fourth-order valence-corrected chi connectivity index (χ4v) is 8.18. The van der Waals surface area contributed by atoms with E-state index >= 15 is 0 Å². The van der Waals surface area contributed by atoms with Gasteiger partial charge in [-0.05, 0) is 70.4 Å². The summed E-state index contributed by atoms with van der Waals surface area (Å²) in [5, 5.41) is 0. The molecule has 5 heteroatoms. The minimum atomic E-state index is 0.00384. The lowest BCUT2D eigenvalue weighted by Gasteiger charge is -2.48. The Morgan fingerprint density at radius 3 is 1.60 bits per heavy atom. The predicted octanol–water partition coefficient (Wildman–Crippen LogP) is 4.14. The molecule has 10 rings (SSSR count). The van der Waals surface area contributed by atoms with Crippen LogP contribution in [0, 0.1) is 0 Å². The van der Waals surface area contributed by atoms with Crippen LogP contribution < -0.4 is 42.6 Å². The second-order valence-electron chi connectivity index (χ2n) is 11.6. The Morgan fingerprint density at radius 2 is 0.881 bits per heavy atom. The summed E-state index contributed by atoms with van der Waals surface area (Å²) in [7, 11) is 0. The van der Waals surface area contributed by atoms with Gasteiger partial charge in [-0.2, -0.15) is 0 Å². The second-order valence-corrected chi connectivity index (χ2v) is 11.6. The Hall–Kier alpha value is -5.28. The van der Waals surface area contributed by atoms with Crippen LogP contribution in [0.4, 0.5) is 34.1 Å². The summed E-state index contributed by atoms with van der Waals surface area (Å²) in [5.41, 5.74) is 16.1. The molecule has 192 valence electrons. The maximum atomic E-state index is 14.2. The molecule has 0 spiro atoms. The van der Waals surface area contributed by atoms with Crippen molar-refractivity contribution in [1.29, 1.82) is 0 Å². The van der Waals surface area contributed by atoms with Crippen molar-refractivity contribution in [2.24, 2.45) is 0 Å². The summed E-state index contributed by atoms with van der Waals surface area (Å²) in [6.45, 7) is 0.0405. The van der Waals surface area contributed by atoms with E-state index in [2.05, 4.69) is 125 Å². The zero-order valence-corrected chi connectivity index (χ0v) is 22.7. The molecule has 0 unspecified atom stereocenters. The lowest BCUT2D eigenvalue weighted by Crippen LogP contribution is -2.80. The molecule has 6 aromatic carbocycles. The second kappa shape index (κ2) is 7.92. The van der Waals surface area contributed by atoms with Gasteiger partial charge in [0.05, 0.1) is 0 Å². The first-order chi connectivity index (χ1) is 20.8. The SMILES string of the molecule is O=C1c2cccc3c2B2c4c1cccc4N(c1ccccc1)c1ccc4c(c12)B3c1ccccc1N4c1ccccc1. The molecule has 6 aromatic rings. The largest absolute Gasteiger partial charge is 0.312 e. The van der Waals surface area contributed by atoms with E-state index in [0.29, 0.717) is 0 Å².